The number of pyridine rings is 1. The molecule has 1 aliphatic heterocycles. The number of hydrogen-bond acceptors (Lipinski definition) is 6. The van der Waals surface area contributed by atoms with E-state index in [0.29, 0.717) is 36.8 Å². The molecule has 10 nitrogen and oxygen atoms in total. The molecule has 4 atom stereocenters. The first-order valence-corrected chi connectivity index (χ1v) is 14.4. The summed E-state index contributed by atoms with van der Waals surface area (Å²) in [7, 11) is 0. The number of benzene rings is 1. The molecule has 0 radical (unpaired) electrons. The second-order valence-corrected chi connectivity index (χ2v) is 11.9. The van der Waals surface area contributed by atoms with Crippen molar-refractivity contribution in [3.63, 3.8) is 0 Å². The highest BCUT2D eigenvalue weighted by molar-refractivity contribution is 6.07. The summed E-state index contributed by atoms with van der Waals surface area (Å²) in [6.07, 6.45) is 3.34. The summed E-state index contributed by atoms with van der Waals surface area (Å²) in [5.41, 5.74) is 0.912. The van der Waals surface area contributed by atoms with Gasteiger partial charge >= 0.3 is 6.03 Å². The summed E-state index contributed by atoms with van der Waals surface area (Å²) in [5.74, 6) is -0.987. The Morgan fingerprint density at radius 3 is 2.27 bits per heavy atom. The number of ketones is 2. The van der Waals surface area contributed by atoms with Crippen LogP contribution in [0.4, 0.5) is 4.79 Å². The van der Waals surface area contributed by atoms with E-state index in [9.17, 15) is 24.0 Å². The SMILES string of the molecule is CC(=O)[C@H](CC(C)C)NC(=O)N1CC(=O)[C@@H](NC(=O)[C@H](CC(C)C)NC(=O)c2cccc3cccnc23)CC[C@H]1C. The van der Waals surface area contributed by atoms with E-state index in [0.717, 1.165) is 5.39 Å². The molecule has 0 saturated carbocycles. The van der Waals surface area contributed by atoms with Crippen molar-refractivity contribution in [1.29, 1.82) is 0 Å². The van der Waals surface area contributed by atoms with Crippen LogP contribution < -0.4 is 16.0 Å². The van der Waals surface area contributed by atoms with E-state index in [-0.39, 0.29) is 36.0 Å². The zero-order valence-corrected chi connectivity index (χ0v) is 24.9. The van der Waals surface area contributed by atoms with E-state index >= 15 is 0 Å². The predicted octanol–water partition coefficient (Wildman–Crippen LogP) is 3.63. The molecule has 0 spiro atoms. The largest absolute Gasteiger partial charge is 0.344 e. The summed E-state index contributed by atoms with van der Waals surface area (Å²) in [6.45, 7) is 11.0. The smallest absolute Gasteiger partial charge is 0.318 e. The van der Waals surface area contributed by atoms with Crippen LogP contribution in [0.15, 0.2) is 36.5 Å². The number of urea groups is 1. The number of likely N-dealkylation sites (tertiary alicyclic amines) is 1. The van der Waals surface area contributed by atoms with Crippen molar-refractivity contribution >= 4 is 40.3 Å². The van der Waals surface area contributed by atoms with E-state index in [2.05, 4.69) is 20.9 Å². The maximum absolute atomic E-state index is 13.4. The van der Waals surface area contributed by atoms with Gasteiger partial charge in [0, 0.05) is 17.6 Å². The van der Waals surface area contributed by atoms with Gasteiger partial charge in [-0.25, -0.2) is 4.79 Å². The van der Waals surface area contributed by atoms with Gasteiger partial charge in [-0.2, -0.15) is 0 Å². The highest BCUT2D eigenvalue weighted by atomic mass is 16.2. The lowest BCUT2D eigenvalue weighted by Crippen LogP contribution is -2.54. The van der Waals surface area contributed by atoms with Gasteiger partial charge in [0.05, 0.1) is 29.7 Å². The zero-order chi connectivity index (χ0) is 30.3. The number of aromatic nitrogens is 1. The van der Waals surface area contributed by atoms with Crippen LogP contribution in [0.5, 0.6) is 0 Å². The van der Waals surface area contributed by atoms with Gasteiger partial charge in [-0.05, 0) is 63.5 Å². The van der Waals surface area contributed by atoms with Crippen LogP contribution in [0.3, 0.4) is 0 Å². The quantitative estimate of drug-likeness (QED) is 0.402. The van der Waals surface area contributed by atoms with Gasteiger partial charge in [0.15, 0.2) is 11.6 Å². The fourth-order valence-corrected chi connectivity index (χ4v) is 5.11. The monoisotopic (exact) mass is 565 g/mol. The molecule has 1 saturated heterocycles. The lowest BCUT2D eigenvalue weighted by molar-refractivity contribution is -0.129. The molecule has 1 aliphatic rings. The fraction of sp³-hybridized carbons (Fsp3) is 0.548. The van der Waals surface area contributed by atoms with Gasteiger partial charge in [-0.15, -0.1) is 0 Å². The second-order valence-electron chi connectivity index (χ2n) is 11.9. The third-order valence-corrected chi connectivity index (χ3v) is 7.40. The van der Waals surface area contributed by atoms with Gasteiger partial charge < -0.3 is 20.9 Å². The number of amides is 4. The molecule has 1 aromatic heterocycles. The Morgan fingerprint density at radius 2 is 1.61 bits per heavy atom. The molecule has 0 bridgehead atoms. The molecule has 2 heterocycles. The summed E-state index contributed by atoms with van der Waals surface area (Å²) >= 11 is 0. The third-order valence-electron chi connectivity index (χ3n) is 7.40. The summed E-state index contributed by atoms with van der Waals surface area (Å²) in [5, 5.41) is 9.30. The number of para-hydroxylation sites is 1. The van der Waals surface area contributed by atoms with Crippen molar-refractivity contribution in [3.8, 4) is 0 Å². The molecule has 4 amide bonds. The van der Waals surface area contributed by atoms with Gasteiger partial charge in [-0.1, -0.05) is 45.9 Å². The molecule has 0 aliphatic carbocycles. The molecule has 41 heavy (non-hydrogen) atoms. The van der Waals surface area contributed by atoms with Gasteiger partial charge in [0.2, 0.25) is 5.91 Å². The van der Waals surface area contributed by atoms with E-state index in [1.165, 1.54) is 11.8 Å². The Hall–Kier alpha value is -3.82. The van der Waals surface area contributed by atoms with E-state index in [1.807, 2.05) is 46.8 Å². The number of Topliss-reactive ketones (excluding diaryl/α,β-unsaturated/α-hetero) is 2. The van der Waals surface area contributed by atoms with Gasteiger partial charge in [0.1, 0.15) is 6.04 Å². The number of fused-ring (bicyclic) bond motifs is 1. The van der Waals surface area contributed by atoms with Crippen molar-refractivity contribution in [1.82, 2.24) is 25.8 Å². The van der Waals surface area contributed by atoms with Crippen LogP contribution in [-0.2, 0) is 14.4 Å². The van der Waals surface area contributed by atoms with Crippen LogP contribution >= 0.6 is 0 Å². The minimum atomic E-state index is -0.860. The van der Waals surface area contributed by atoms with Crippen LogP contribution in [0.2, 0.25) is 0 Å². The molecular formula is C31H43N5O5. The molecule has 2 aromatic rings. The summed E-state index contributed by atoms with van der Waals surface area (Å²) in [4.78, 5) is 70.9. The highest BCUT2D eigenvalue weighted by Crippen LogP contribution is 2.19. The Kier molecular flexibility index (Phi) is 11.0. The van der Waals surface area contributed by atoms with Gasteiger partial charge in [-0.3, -0.25) is 24.2 Å². The molecule has 1 aromatic carbocycles. The number of nitrogens with one attached hydrogen (secondary N) is 3. The number of carbonyl (C=O) groups excluding carboxylic acids is 5. The molecule has 3 N–H and O–H groups in total. The van der Waals surface area contributed by atoms with Crippen LogP contribution in [0.1, 0.15) is 77.6 Å². The second kappa shape index (κ2) is 14.2. The topological polar surface area (TPSA) is 138 Å². The first-order valence-electron chi connectivity index (χ1n) is 14.4. The van der Waals surface area contributed by atoms with Crippen molar-refractivity contribution in [3.05, 3.63) is 42.1 Å². The van der Waals surface area contributed by atoms with Crippen molar-refractivity contribution in [2.45, 2.75) is 91.4 Å². The Morgan fingerprint density at radius 1 is 0.951 bits per heavy atom. The highest BCUT2D eigenvalue weighted by Gasteiger charge is 2.35. The fourth-order valence-electron chi connectivity index (χ4n) is 5.11. The average Bonchev–Trinajstić information content (AvgIpc) is 3.05. The Bertz CT molecular complexity index is 1270. The standard InChI is InChI=1S/C31H43N5O5/c1-18(2)15-25(21(6)37)35-31(41)36-17-27(38)24(13-12-20(36)5)33-30(40)26(16-19(3)4)34-29(39)23-11-7-9-22-10-8-14-32-28(22)23/h7-11,14,18-20,24-26H,12-13,15-17H2,1-6H3,(H,33,40)(H,34,39)(H,35,41)/t20-,24+,25+,26+/m1/s1. The molecule has 3 rings (SSSR count). The minimum absolute atomic E-state index is 0.0980. The van der Waals surface area contributed by atoms with E-state index < -0.39 is 36.0 Å². The van der Waals surface area contributed by atoms with Crippen LogP contribution in [0.25, 0.3) is 10.9 Å². The number of hydrogen-bond donors (Lipinski definition) is 3. The number of carbonyl (C=O) groups is 5. The Labute approximate surface area is 242 Å². The van der Waals surface area contributed by atoms with Crippen LogP contribution in [-0.4, -0.2) is 70.0 Å². The maximum Gasteiger partial charge on any atom is 0.318 e. The lowest BCUT2D eigenvalue weighted by atomic mass is 10.0. The summed E-state index contributed by atoms with van der Waals surface area (Å²) in [6, 6.07) is 5.95. The lowest BCUT2D eigenvalue weighted by Gasteiger charge is -2.29. The van der Waals surface area contributed by atoms with E-state index in [4.69, 9.17) is 0 Å². The van der Waals surface area contributed by atoms with E-state index in [1.54, 1.807) is 24.4 Å². The Balaban J connectivity index is 1.70. The molecule has 1 fully saturated rings. The summed E-state index contributed by atoms with van der Waals surface area (Å²) < 4.78 is 0. The predicted molar refractivity (Wildman–Crippen MR) is 157 cm³/mol. The van der Waals surface area contributed by atoms with Crippen LogP contribution in [0, 0.1) is 11.8 Å². The van der Waals surface area contributed by atoms with Crippen molar-refractivity contribution in [2.24, 2.45) is 11.8 Å². The molecular weight excluding hydrogens is 522 g/mol. The number of nitrogens with zero attached hydrogens (tertiary/aromatic N) is 2. The van der Waals surface area contributed by atoms with Crippen molar-refractivity contribution in [2.75, 3.05) is 6.54 Å². The average molecular weight is 566 g/mol. The molecule has 10 heteroatoms. The minimum Gasteiger partial charge on any atom is -0.344 e. The molecule has 222 valence electrons. The molecule has 0 unspecified atom stereocenters. The van der Waals surface area contributed by atoms with Crippen molar-refractivity contribution < 1.29 is 24.0 Å². The number of rotatable bonds is 10. The van der Waals surface area contributed by atoms with Gasteiger partial charge in [0.25, 0.3) is 5.91 Å². The third kappa shape index (κ3) is 8.58. The zero-order valence-electron chi connectivity index (χ0n) is 24.9. The first-order chi connectivity index (χ1) is 19.4. The normalized spacial score (nSPS) is 19.0. The first kappa shape index (κ1) is 31.7. The maximum atomic E-state index is 13.4.